The number of carbonyl (C=O) groups is 1. The molecule has 0 fully saturated rings. The van der Waals surface area contributed by atoms with E-state index in [1.54, 1.807) is 45.2 Å². The third-order valence-electron chi connectivity index (χ3n) is 6.27. The molecule has 4 aromatic rings. The first-order valence-electron chi connectivity index (χ1n) is 12.1. The summed E-state index contributed by atoms with van der Waals surface area (Å²) in [5.41, 5.74) is 2.06. The fourth-order valence-corrected chi connectivity index (χ4v) is 5.75. The Labute approximate surface area is 236 Å². The van der Waals surface area contributed by atoms with Gasteiger partial charge in [0.2, 0.25) is 0 Å². The number of methoxy groups -OCH3 is 2. The number of halogens is 1. The largest absolute Gasteiger partial charge is 0.493 e. The molecule has 2 aromatic carbocycles. The minimum Gasteiger partial charge on any atom is -0.493 e. The number of nitrogens with zero attached hydrogens (tertiary/aromatic N) is 2. The number of furan rings is 1. The topological polar surface area (TPSA) is 92.3 Å². The second-order valence-corrected chi connectivity index (χ2v) is 10.6. The molecule has 3 heterocycles. The van der Waals surface area contributed by atoms with Crippen molar-refractivity contribution in [3.05, 3.63) is 101 Å². The summed E-state index contributed by atoms with van der Waals surface area (Å²) in [6.45, 7) is 3.67. The number of carbonyl (C=O) groups excluding carboxylic acids is 1. The van der Waals surface area contributed by atoms with Crippen LogP contribution >= 0.6 is 27.3 Å². The van der Waals surface area contributed by atoms with Crippen LogP contribution in [0.1, 0.15) is 31.2 Å². The van der Waals surface area contributed by atoms with Gasteiger partial charge in [-0.2, -0.15) is 0 Å². The zero-order valence-electron chi connectivity index (χ0n) is 21.7. The smallest absolute Gasteiger partial charge is 0.338 e. The minimum absolute atomic E-state index is 0.192. The van der Waals surface area contributed by atoms with Crippen LogP contribution in [0.5, 0.6) is 11.5 Å². The average Bonchev–Trinajstić information content (AvgIpc) is 3.52. The van der Waals surface area contributed by atoms with Crippen molar-refractivity contribution in [2.45, 2.75) is 19.9 Å². The molecule has 1 atom stereocenters. The third-order valence-corrected chi connectivity index (χ3v) is 7.78. The molecule has 1 aliphatic heterocycles. The molecule has 39 heavy (non-hydrogen) atoms. The molecular formula is C29H25BrN2O6S. The fourth-order valence-electron chi connectivity index (χ4n) is 4.46. The van der Waals surface area contributed by atoms with Crippen LogP contribution in [0.4, 0.5) is 0 Å². The normalized spacial score (nSPS) is 15.1. The first-order valence-corrected chi connectivity index (χ1v) is 13.7. The van der Waals surface area contributed by atoms with Crippen molar-refractivity contribution in [1.29, 1.82) is 0 Å². The Bertz CT molecular complexity index is 1760. The fraction of sp³-hybridized carbons (Fsp3) is 0.207. The summed E-state index contributed by atoms with van der Waals surface area (Å²) in [6.07, 6.45) is 1.70. The second-order valence-electron chi connectivity index (χ2n) is 8.63. The van der Waals surface area contributed by atoms with Crippen molar-refractivity contribution in [2.24, 2.45) is 4.99 Å². The van der Waals surface area contributed by atoms with E-state index in [0.29, 0.717) is 49.2 Å². The molecular weight excluding hydrogens is 584 g/mol. The van der Waals surface area contributed by atoms with Gasteiger partial charge >= 0.3 is 5.97 Å². The molecule has 0 N–H and O–H groups in total. The highest BCUT2D eigenvalue weighted by molar-refractivity contribution is 9.10. The lowest BCUT2D eigenvalue weighted by Gasteiger charge is -2.25. The lowest BCUT2D eigenvalue weighted by atomic mass is 9.95. The number of aromatic nitrogens is 1. The first-order chi connectivity index (χ1) is 18.8. The first kappa shape index (κ1) is 26.7. The van der Waals surface area contributed by atoms with E-state index in [4.69, 9.17) is 18.6 Å². The van der Waals surface area contributed by atoms with Crippen molar-refractivity contribution in [2.75, 3.05) is 20.8 Å². The van der Waals surface area contributed by atoms with E-state index in [2.05, 4.69) is 20.9 Å². The molecule has 0 bridgehead atoms. The molecule has 0 aliphatic carbocycles. The Morgan fingerprint density at radius 3 is 2.54 bits per heavy atom. The Balaban J connectivity index is 1.65. The molecule has 10 heteroatoms. The van der Waals surface area contributed by atoms with Gasteiger partial charge in [-0.05, 0) is 55.8 Å². The predicted octanol–water partition coefficient (Wildman–Crippen LogP) is 4.84. The number of thiazole rings is 1. The van der Waals surface area contributed by atoms with E-state index in [9.17, 15) is 9.59 Å². The zero-order valence-corrected chi connectivity index (χ0v) is 24.1. The number of allylic oxidation sites excluding steroid dienone is 1. The van der Waals surface area contributed by atoms with Crippen molar-refractivity contribution >= 4 is 39.3 Å². The van der Waals surface area contributed by atoms with E-state index in [1.165, 1.54) is 23.0 Å². The number of fused-ring (bicyclic) bond motifs is 1. The summed E-state index contributed by atoms with van der Waals surface area (Å²) >= 11 is 4.67. The SMILES string of the molecule is CCOC(=O)C1=C(C)N=c2s/c(=C/c3ccc(-c4ccc(Br)cc4)o3)c(=O)n2C1c1ccc(OC)c(OC)c1. The van der Waals surface area contributed by atoms with E-state index in [-0.39, 0.29) is 12.2 Å². The maximum atomic E-state index is 13.8. The number of ether oxygens (including phenoxy) is 3. The molecule has 0 radical (unpaired) electrons. The molecule has 5 rings (SSSR count). The van der Waals surface area contributed by atoms with Crippen LogP contribution in [0, 0.1) is 0 Å². The Hall–Kier alpha value is -3.89. The maximum absolute atomic E-state index is 13.8. The molecule has 1 unspecified atom stereocenters. The number of hydrogen-bond donors (Lipinski definition) is 0. The van der Waals surface area contributed by atoms with Gasteiger partial charge < -0.3 is 18.6 Å². The highest BCUT2D eigenvalue weighted by Gasteiger charge is 2.34. The lowest BCUT2D eigenvalue weighted by Crippen LogP contribution is -2.39. The van der Waals surface area contributed by atoms with Gasteiger partial charge in [0.15, 0.2) is 16.3 Å². The third kappa shape index (κ3) is 5.09. The van der Waals surface area contributed by atoms with Gasteiger partial charge in [0.1, 0.15) is 11.5 Å². The Morgan fingerprint density at radius 1 is 1.10 bits per heavy atom. The summed E-state index contributed by atoms with van der Waals surface area (Å²) in [4.78, 5) is 32.0. The van der Waals surface area contributed by atoms with Crippen LogP contribution in [-0.2, 0) is 9.53 Å². The molecule has 8 nitrogen and oxygen atoms in total. The maximum Gasteiger partial charge on any atom is 0.338 e. The van der Waals surface area contributed by atoms with Gasteiger partial charge in [0, 0.05) is 16.1 Å². The van der Waals surface area contributed by atoms with Gasteiger partial charge in [-0.25, -0.2) is 9.79 Å². The molecule has 0 saturated heterocycles. The highest BCUT2D eigenvalue weighted by Crippen LogP contribution is 2.36. The molecule has 0 amide bonds. The molecule has 2 aromatic heterocycles. The summed E-state index contributed by atoms with van der Waals surface area (Å²) in [5.74, 6) is 1.70. The van der Waals surface area contributed by atoms with Gasteiger partial charge in [-0.3, -0.25) is 9.36 Å². The van der Waals surface area contributed by atoms with E-state index in [1.807, 2.05) is 36.4 Å². The van der Waals surface area contributed by atoms with E-state index < -0.39 is 12.0 Å². The zero-order chi connectivity index (χ0) is 27.7. The van der Waals surface area contributed by atoms with Crippen LogP contribution in [0.25, 0.3) is 17.4 Å². The summed E-state index contributed by atoms with van der Waals surface area (Å²) in [5, 5.41) is 0. The van der Waals surface area contributed by atoms with Gasteiger partial charge in [0.25, 0.3) is 5.56 Å². The molecule has 200 valence electrons. The van der Waals surface area contributed by atoms with Crippen molar-refractivity contribution in [3.8, 4) is 22.8 Å². The number of hydrogen-bond acceptors (Lipinski definition) is 8. The van der Waals surface area contributed by atoms with Crippen LogP contribution in [-0.4, -0.2) is 31.4 Å². The van der Waals surface area contributed by atoms with Gasteiger partial charge in [-0.1, -0.05) is 45.5 Å². The van der Waals surface area contributed by atoms with E-state index >= 15 is 0 Å². The van der Waals surface area contributed by atoms with Crippen molar-refractivity contribution in [3.63, 3.8) is 0 Å². The average molecular weight is 609 g/mol. The highest BCUT2D eigenvalue weighted by atomic mass is 79.9. The van der Waals surface area contributed by atoms with Crippen molar-refractivity contribution in [1.82, 2.24) is 4.57 Å². The summed E-state index contributed by atoms with van der Waals surface area (Å²) < 4.78 is 25.2. The number of esters is 1. The van der Waals surface area contributed by atoms with Crippen LogP contribution in [0.15, 0.2) is 84.5 Å². The minimum atomic E-state index is -0.766. The lowest BCUT2D eigenvalue weighted by molar-refractivity contribution is -0.139. The molecule has 1 aliphatic rings. The predicted molar refractivity (Wildman–Crippen MR) is 152 cm³/mol. The second kappa shape index (κ2) is 11.1. The van der Waals surface area contributed by atoms with E-state index in [0.717, 1.165) is 10.0 Å². The van der Waals surface area contributed by atoms with Crippen molar-refractivity contribution < 1.29 is 23.4 Å². The molecule has 0 spiro atoms. The van der Waals surface area contributed by atoms with Crippen LogP contribution in [0.2, 0.25) is 0 Å². The summed E-state index contributed by atoms with van der Waals surface area (Å²) in [6, 6.07) is 16.0. The number of rotatable bonds is 7. The van der Waals surface area contributed by atoms with Gasteiger partial charge in [0.05, 0.1) is 42.7 Å². The monoisotopic (exact) mass is 608 g/mol. The van der Waals surface area contributed by atoms with Gasteiger partial charge in [-0.15, -0.1) is 0 Å². The Morgan fingerprint density at radius 2 is 1.85 bits per heavy atom. The quantitative estimate of drug-likeness (QED) is 0.279. The standard InChI is InChI=1S/C29H25BrN2O6S/c1-5-37-28(34)25-16(2)31-29-32(26(25)18-8-12-22(35-3)23(14-18)36-4)27(33)24(39-29)15-20-11-13-21(38-20)17-6-9-19(30)10-7-17/h6-15,26H,5H2,1-4H3/b24-15+. The van der Waals surface area contributed by atoms with Crippen LogP contribution in [0.3, 0.4) is 0 Å². The van der Waals surface area contributed by atoms with Crippen LogP contribution < -0.4 is 24.4 Å². The summed E-state index contributed by atoms with van der Waals surface area (Å²) in [7, 11) is 3.08. The molecule has 0 saturated carbocycles. The Kier molecular flexibility index (Phi) is 7.58. The number of benzene rings is 2.